The third-order valence-corrected chi connectivity index (χ3v) is 12.8. The normalized spacial score (nSPS) is 13.9. The van der Waals surface area contributed by atoms with Crippen molar-refractivity contribution in [3.8, 4) is 0 Å². The summed E-state index contributed by atoms with van der Waals surface area (Å²) in [4.78, 5) is 23.9. The number of carbonyl (C=O) groups excluding carboxylic acids is 2. The van der Waals surface area contributed by atoms with Crippen LogP contribution in [0.4, 0.5) is 11.4 Å². The molecule has 0 atom stereocenters. The van der Waals surface area contributed by atoms with E-state index in [0.717, 1.165) is 55.8 Å². The van der Waals surface area contributed by atoms with Crippen LogP contribution in [0.1, 0.15) is 91.7 Å². The second-order valence-corrected chi connectivity index (χ2v) is 17.6. The standard InChI is InChI=1S/C45H48N2O8S2/c1-24-20-36(17-15-34(24)22-39-26(3)19-27(4)43(28(39)5)46-32(9)48)42(38-13-11-12-14-41(38)56(50,51)52)37-18-16-35(25(2)21-37)23-40-29(6)44(47-33(10)49)31(8)45(30(40)7)57(53,54)55/h11-21H,22-23H2,1-10H3,(H3-,46,47,48,49,50,51,52,53,54,55)/p+1. The van der Waals surface area contributed by atoms with Gasteiger partial charge >= 0.3 is 10.1 Å². The lowest BCUT2D eigenvalue weighted by Gasteiger charge is -2.22. The van der Waals surface area contributed by atoms with Crippen molar-refractivity contribution in [1.29, 1.82) is 0 Å². The third kappa shape index (κ3) is 8.99. The Bertz CT molecular complexity index is 2670. The number of amides is 2. The SMILES string of the molecule is CC(=O)Nc1c(C)cc(C)c(Cc2ccc(C(=C3C=CC=C[C+]3S(=O)(=O)O)c3ccc(Cc4c(C)c(NC(C)=O)c(C)c(S(=O)(=O)O)c4C)c(C)c3)cc2C)c1C. The van der Waals surface area contributed by atoms with E-state index < -0.39 is 20.2 Å². The molecule has 1 aliphatic rings. The quantitative estimate of drug-likeness (QED) is 0.0911. The maximum Gasteiger partial charge on any atom is 0.331 e. The summed E-state index contributed by atoms with van der Waals surface area (Å²) < 4.78 is 71.2. The lowest BCUT2D eigenvalue weighted by Crippen LogP contribution is -2.16. The summed E-state index contributed by atoms with van der Waals surface area (Å²) in [5, 5.41) is 5.47. The maximum absolute atomic E-state index is 12.8. The van der Waals surface area contributed by atoms with E-state index in [2.05, 4.69) is 23.6 Å². The molecule has 57 heavy (non-hydrogen) atoms. The molecule has 0 spiro atoms. The van der Waals surface area contributed by atoms with Gasteiger partial charge < -0.3 is 10.6 Å². The average molecular weight is 810 g/mol. The third-order valence-electron chi connectivity index (χ3n) is 10.8. The number of rotatable bonds is 10. The van der Waals surface area contributed by atoms with Gasteiger partial charge in [0.1, 0.15) is 10.5 Å². The van der Waals surface area contributed by atoms with Crippen molar-refractivity contribution in [2.24, 2.45) is 0 Å². The molecule has 0 saturated heterocycles. The Morgan fingerprint density at radius 1 is 0.614 bits per heavy atom. The summed E-state index contributed by atoms with van der Waals surface area (Å²) >= 11 is 0. The first-order chi connectivity index (χ1) is 26.5. The van der Waals surface area contributed by atoms with Crippen LogP contribution >= 0.6 is 0 Å². The maximum atomic E-state index is 12.8. The Morgan fingerprint density at radius 3 is 1.61 bits per heavy atom. The number of allylic oxidation sites excluding steroid dienone is 3. The van der Waals surface area contributed by atoms with Crippen LogP contribution in [0.5, 0.6) is 0 Å². The van der Waals surface area contributed by atoms with Crippen molar-refractivity contribution in [1.82, 2.24) is 0 Å². The lowest BCUT2D eigenvalue weighted by molar-refractivity contribution is -0.115. The Labute approximate surface area is 336 Å². The fraction of sp³-hybridized carbons (Fsp3) is 0.267. The van der Waals surface area contributed by atoms with Crippen LogP contribution in [0, 0.1) is 60.6 Å². The van der Waals surface area contributed by atoms with Gasteiger partial charge in [0.05, 0.1) is 5.57 Å². The summed E-state index contributed by atoms with van der Waals surface area (Å²) in [5.41, 5.74) is 13.2. The van der Waals surface area contributed by atoms with E-state index >= 15 is 0 Å². The number of nitrogens with one attached hydrogen (secondary N) is 2. The molecule has 0 radical (unpaired) electrons. The van der Waals surface area contributed by atoms with Gasteiger partial charge in [-0.05, 0) is 159 Å². The van der Waals surface area contributed by atoms with E-state index in [1.54, 1.807) is 39.0 Å². The van der Waals surface area contributed by atoms with Crippen molar-refractivity contribution < 1.29 is 35.5 Å². The fourth-order valence-electron chi connectivity index (χ4n) is 7.98. The van der Waals surface area contributed by atoms with Crippen molar-refractivity contribution in [3.05, 3.63) is 155 Å². The molecule has 0 fully saturated rings. The number of hydrogen-bond donors (Lipinski definition) is 4. The molecule has 0 unspecified atom stereocenters. The second kappa shape index (κ2) is 16.3. The molecule has 0 aromatic heterocycles. The van der Waals surface area contributed by atoms with Crippen LogP contribution in [0.15, 0.2) is 77.2 Å². The molecule has 10 nitrogen and oxygen atoms in total. The topological polar surface area (TPSA) is 167 Å². The predicted molar refractivity (Wildman–Crippen MR) is 227 cm³/mol. The number of anilines is 2. The average Bonchev–Trinajstić information content (AvgIpc) is 3.09. The molecule has 4 aromatic carbocycles. The monoisotopic (exact) mass is 809 g/mol. The minimum Gasteiger partial charge on any atom is -0.326 e. The van der Waals surface area contributed by atoms with Crippen LogP contribution in [0.3, 0.4) is 0 Å². The summed E-state index contributed by atoms with van der Waals surface area (Å²) in [6, 6.07) is 13.7. The molecule has 1 aliphatic carbocycles. The molecule has 2 amide bonds. The van der Waals surface area contributed by atoms with E-state index in [0.29, 0.717) is 45.5 Å². The van der Waals surface area contributed by atoms with Gasteiger partial charge in [0.2, 0.25) is 11.8 Å². The van der Waals surface area contributed by atoms with Gasteiger partial charge in [0.25, 0.3) is 10.1 Å². The second-order valence-electron chi connectivity index (χ2n) is 14.9. The van der Waals surface area contributed by atoms with Crippen molar-refractivity contribution >= 4 is 49.0 Å². The molecule has 0 saturated carbocycles. The highest BCUT2D eigenvalue weighted by Gasteiger charge is 2.36. The first-order valence-electron chi connectivity index (χ1n) is 18.4. The smallest absolute Gasteiger partial charge is 0.326 e. The zero-order valence-electron chi connectivity index (χ0n) is 33.9. The highest BCUT2D eigenvalue weighted by Crippen LogP contribution is 2.40. The van der Waals surface area contributed by atoms with E-state index in [9.17, 15) is 35.5 Å². The van der Waals surface area contributed by atoms with E-state index in [1.807, 2.05) is 64.1 Å². The van der Waals surface area contributed by atoms with Gasteiger partial charge in [0.15, 0.2) is 5.25 Å². The highest BCUT2D eigenvalue weighted by molar-refractivity contribution is 7.89. The molecule has 4 aromatic rings. The van der Waals surface area contributed by atoms with Crippen LogP contribution in [-0.4, -0.2) is 37.8 Å². The molecule has 12 heteroatoms. The summed E-state index contributed by atoms with van der Waals surface area (Å²) in [6.45, 7) is 17.7. The summed E-state index contributed by atoms with van der Waals surface area (Å²) in [5.74, 6) is -0.526. The Hall–Kier alpha value is -5.27. The van der Waals surface area contributed by atoms with E-state index in [-0.39, 0.29) is 33.9 Å². The van der Waals surface area contributed by atoms with Crippen molar-refractivity contribution in [2.45, 2.75) is 87.0 Å². The molecule has 4 N–H and O–H groups in total. The summed E-state index contributed by atoms with van der Waals surface area (Å²) in [6.07, 6.45) is 7.16. The minimum absolute atomic E-state index is 0.143. The van der Waals surface area contributed by atoms with Crippen LogP contribution in [-0.2, 0) is 42.7 Å². The molecule has 0 heterocycles. The molecule has 0 bridgehead atoms. The van der Waals surface area contributed by atoms with Crippen molar-refractivity contribution in [2.75, 3.05) is 10.6 Å². The van der Waals surface area contributed by atoms with Gasteiger partial charge in [-0.2, -0.15) is 16.8 Å². The first-order valence-corrected chi connectivity index (χ1v) is 21.3. The van der Waals surface area contributed by atoms with E-state index in [1.165, 1.54) is 19.9 Å². The molecule has 0 aliphatic heterocycles. The largest absolute Gasteiger partial charge is 0.331 e. The first kappa shape index (κ1) is 42.9. The Morgan fingerprint density at radius 2 is 1.12 bits per heavy atom. The molecular weight excluding hydrogens is 761 g/mol. The number of carbonyl (C=O) groups is 2. The zero-order valence-corrected chi connectivity index (χ0v) is 35.6. The molecule has 5 rings (SSSR count). The lowest BCUT2D eigenvalue weighted by atomic mass is 9.85. The van der Waals surface area contributed by atoms with Crippen LogP contribution in [0.2, 0.25) is 0 Å². The van der Waals surface area contributed by atoms with Gasteiger partial charge in [-0.3, -0.25) is 18.7 Å². The molecule has 298 valence electrons. The Kier molecular flexibility index (Phi) is 12.3. The van der Waals surface area contributed by atoms with Gasteiger partial charge in [-0.25, -0.2) is 0 Å². The predicted octanol–water partition coefficient (Wildman–Crippen LogP) is 8.85. The fourth-order valence-corrected chi connectivity index (χ4v) is 9.68. The minimum atomic E-state index is -4.64. The number of aryl methyl sites for hydroxylation is 4. The highest BCUT2D eigenvalue weighted by atomic mass is 32.2. The van der Waals surface area contributed by atoms with Crippen molar-refractivity contribution in [3.63, 3.8) is 0 Å². The zero-order chi connectivity index (χ0) is 42.3. The van der Waals surface area contributed by atoms with Gasteiger partial charge in [-0.15, -0.1) is 0 Å². The summed E-state index contributed by atoms with van der Waals surface area (Å²) in [7, 11) is -9.27. The Balaban J connectivity index is 1.65. The van der Waals surface area contributed by atoms with Gasteiger partial charge in [-0.1, -0.05) is 18.2 Å². The molecular formula is C45H49N2O8S2+. The van der Waals surface area contributed by atoms with Crippen LogP contribution in [0.25, 0.3) is 5.57 Å². The van der Waals surface area contributed by atoms with E-state index in [4.69, 9.17) is 0 Å². The number of benzene rings is 4. The number of hydrogen-bond acceptors (Lipinski definition) is 6. The van der Waals surface area contributed by atoms with Crippen LogP contribution < -0.4 is 10.6 Å². The van der Waals surface area contributed by atoms with Gasteiger partial charge in [0, 0.05) is 60.7 Å².